The maximum atomic E-state index is 13.7. The molecule has 1 fully saturated rings. The van der Waals surface area contributed by atoms with Crippen molar-refractivity contribution in [1.29, 1.82) is 0 Å². The Morgan fingerprint density at radius 2 is 1.00 bits per heavy atom. The Morgan fingerprint density at radius 1 is 0.737 bits per heavy atom. The van der Waals surface area contributed by atoms with Gasteiger partial charge in [-0.05, 0) is 12.2 Å². The molecule has 1 heterocycles. The van der Waals surface area contributed by atoms with Gasteiger partial charge in [-0.1, -0.05) is 13.2 Å². The molecule has 110 valence electrons. The molecule has 2 nitrogen and oxygen atoms in total. The van der Waals surface area contributed by atoms with Gasteiger partial charge >= 0.3 is 18.1 Å². The van der Waals surface area contributed by atoms with Crippen LogP contribution in [-0.2, 0) is 9.47 Å². The van der Waals surface area contributed by atoms with Gasteiger partial charge < -0.3 is 0 Å². The van der Waals surface area contributed by atoms with Crippen molar-refractivity contribution in [3.63, 3.8) is 0 Å². The van der Waals surface area contributed by atoms with Crippen LogP contribution in [0.2, 0.25) is 0 Å². The number of halogens is 8. The Kier molecular flexibility index (Phi) is 3.28. The fourth-order valence-electron chi connectivity index (χ4n) is 1.33. The summed E-state index contributed by atoms with van der Waals surface area (Å²) < 4.78 is 109. The summed E-state index contributed by atoms with van der Waals surface area (Å²) in [5.41, 5.74) is 0. The summed E-state index contributed by atoms with van der Waals surface area (Å²) in [4.78, 5) is 0. The molecule has 0 aromatic rings. The highest BCUT2D eigenvalue weighted by Crippen LogP contribution is 2.59. The topological polar surface area (TPSA) is 18.5 Å². The zero-order valence-corrected chi connectivity index (χ0v) is 8.91. The highest BCUT2D eigenvalue weighted by molar-refractivity contribution is 5.15. The fourth-order valence-corrected chi connectivity index (χ4v) is 1.33. The van der Waals surface area contributed by atoms with E-state index in [0.29, 0.717) is 0 Å². The molecule has 0 aliphatic carbocycles. The van der Waals surface area contributed by atoms with Crippen molar-refractivity contribution < 1.29 is 44.6 Å². The van der Waals surface area contributed by atoms with Crippen molar-refractivity contribution >= 4 is 0 Å². The molecule has 10 heteroatoms. The van der Waals surface area contributed by atoms with E-state index in [4.69, 9.17) is 0 Å². The number of rotatable bonds is 2. The van der Waals surface area contributed by atoms with Crippen LogP contribution in [0.1, 0.15) is 0 Å². The van der Waals surface area contributed by atoms with Crippen LogP contribution in [0, 0.1) is 0 Å². The molecule has 19 heavy (non-hydrogen) atoms. The zero-order valence-electron chi connectivity index (χ0n) is 8.91. The van der Waals surface area contributed by atoms with Gasteiger partial charge in [0.2, 0.25) is 0 Å². The largest absolute Gasteiger partial charge is 0.453 e. The van der Waals surface area contributed by atoms with Crippen molar-refractivity contribution in [2.75, 3.05) is 0 Å². The molecular weight excluding hydrogens is 292 g/mol. The third-order valence-corrected chi connectivity index (χ3v) is 2.32. The van der Waals surface area contributed by atoms with Crippen LogP contribution in [0.15, 0.2) is 25.3 Å². The van der Waals surface area contributed by atoms with Gasteiger partial charge in [0.25, 0.3) is 11.7 Å². The van der Waals surface area contributed by atoms with E-state index in [-0.39, 0.29) is 12.2 Å². The third-order valence-electron chi connectivity index (χ3n) is 2.32. The van der Waals surface area contributed by atoms with Crippen molar-refractivity contribution in [2.45, 2.75) is 29.8 Å². The summed E-state index contributed by atoms with van der Waals surface area (Å²) in [5, 5.41) is 0. The Hall–Kier alpha value is -1.16. The maximum Gasteiger partial charge on any atom is 0.453 e. The average Bonchev–Trinajstić information content (AvgIpc) is 2.49. The van der Waals surface area contributed by atoms with Crippen LogP contribution >= 0.6 is 0 Å². The highest BCUT2D eigenvalue weighted by Gasteiger charge is 2.85. The van der Waals surface area contributed by atoms with Crippen molar-refractivity contribution in [2.24, 2.45) is 0 Å². The van der Waals surface area contributed by atoms with E-state index in [2.05, 4.69) is 22.6 Å². The molecule has 0 saturated carbocycles. The standard InChI is InChI=1S/C9H6F8O2/c1-3-5(10)6(11,4-2)19-7(18-5,8(12,13)14)9(15,16)17/h3-4H,1-2H2/t5-,6+. The van der Waals surface area contributed by atoms with Crippen molar-refractivity contribution in [3.05, 3.63) is 25.3 Å². The number of alkyl halides is 8. The quantitative estimate of drug-likeness (QED) is 0.573. The first-order valence-corrected chi connectivity index (χ1v) is 4.47. The molecule has 0 radical (unpaired) electrons. The van der Waals surface area contributed by atoms with Gasteiger partial charge in [-0.3, -0.25) is 9.47 Å². The minimum atomic E-state index is -6.28. The lowest BCUT2D eigenvalue weighted by Gasteiger charge is -2.31. The lowest BCUT2D eigenvalue weighted by Crippen LogP contribution is -2.58. The first kappa shape index (κ1) is 15.9. The lowest BCUT2D eigenvalue weighted by atomic mass is 10.1. The van der Waals surface area contributed by atoms with Crippen LogP contribution in [0.5, 0.6) is 0 Å². The Labute approximate surface area is 101 Å². The lowest BCUT2D eigenvalue weighted by molar-refractivity contribution is -0.456. The van der Waals surface area contributed by atoms with Gasteiger partial charge in [-0.25, -0.2) is 8.78 Å². The number of hydrogen-bond acceptors (Lipinski definition) is 2. The predicted octanol–water partition coefficient (Wildman–Crippen LogP) is 3.56. The summed E-state index contributed by atoms with van der Waals surface area (Å²) >= 11 is 0. The molecule has 0 unspecified atom stereocenters. The average molecular weight is 298 g/mol. The van der Waals surface area contributed by atoms with Crippen LogP contribution in [0.3, 0.4) is 0 Å². The second-order valence-electron chi connectivity index (χ2n) is 3.51. The molecule has 0 bridgehead atoms. The van der Waals surface area contributed by atoms with E-state index < -0.39 is 29.8 Å². The van der Waals surface area contributed by atoms with Crippen LogP contribution < -0.4 is 0 Å². The first-order chi connectivity index (χ1) is 8.29. The van der Waals surface area contributed by atoms with E-state index in [1.54, 1.807) is 0 Å². The predicted molar refractivity (Wildman–Crippen MR) is 45.1 cm³/mol. The van der Waals surface area contributed by atoms with Gasteiger partial charge in [0, 0.05) is 0 Å². The minimum Gasteiger partial charge on any atom is -0.289 e. The fraction of sp³-hybridized carbons (Fsp3) is 0.556. The molecule has 1 rings (SSSR count). The summed E-state index contributed by atoms with van der Waals surface area (Å²) in [5.74, 6) is -13.8. The Balaban J connectivity index is 3.51. The zero-order chi connectivity index (χ0) is 15.3. The van der Waals surface area contributed by atoms with E-state index in [1.807, 2.05) is 0 Å². The SMILES string of the molecule is C=C[C@@]1(F)OC(C(F)(F)F)(C(F)(F)F)O[C@@]1(F)C=C. The maximum absolute atomic E-state index is 13.7. The minimum absolute atomic E-state index is 0.214. The molecule has 1 aliphatic heterocycles. The Bertz CT molecular complexity index is 362. The number of ether oxygens (including phenoxy) is 2. The van der Waals surface area contributed by atoms with Crippen LogP contribution in [0.25, 0.3) is 0 Å². The van der Waals surface area contributed by atoms with Crippen LogP contribution in [-0.4, -0.2) is 29.8 Å². The van der Waals surface area contributed by atoms with E-state index in [9.17, 15) is 35.1 Å². The van der Waals surface area contributed by atoms with Crippen LogP contribution in [0.4, 0.5) is 35.1 Å². The second kappa shape index (κ2) is 3.92. The molecule has 0 N–H and O–H groups in total. The third kappa shape index (κ3) is 1.93. The molecule has 1 saturated heterocycles. The summed E-state index contributed by atoms with van der Waals surface area (Å²) in [6.07, 6.45) is -13.0. The monoisotopic (exact) mass is 298 g/mol. The molecular formula is C9H6F8O2. The van der Waals surface area contributed by atoms with Crippen molar-refractivity contribution in [3.8, 4) is 0 Å². The van der Waals surface area contributed by atoms with E-state index in [0.717, 1.165) is 0 Å². The van der Waals surface area contributed by atoms with Gasteiger partial charge in [0.05, 0.1) is 0 Å². The molecule has 0 spiro atoms. The van der Waals surface area contributed by atoms with Gasteiger partial charge in [0.1, 0.15) is 0 Å². The summed E-state index contributed by atoms with van der Waals surface area (Å²) in [6, 6.07) is 0. The second-order valence-corrected chi connectivity index (χ2v) is 3.51. The van der Waals surface area contributed by atoms with E-state index >= 15 is 0 Å². The molecule has 0 amide bonds. The molecule has 2 atom stereocenters. The molecule has 1 aliphatic rings. The number of hydrogen-bond donors (Lipinski definition) is 0. The van der Waals surface area contributed by atoms with Gasteiger partial charge in [-0.15, -0.1) is 0 Å². The molecule has 0 aromatic heterocycles. The van der Waals surface area contributed by atoms with Gasteiger partial charge in [-0.2, -0.15) is 26.3 Å². The smallest absolute Gasteiger partial charge is 0.289 e. The summed E-state index contributed by atoms with van der Waals surface area (Å²) in [7, 11) is 0. The van der Waals surface area contributed by atoms with Crippen molar-refractivity contribution in [1.82, 2.24) is 0 Å². The van der Waals surface area contributed by atoms with Gasteiger partial charge in [0.15, 0.2) is 0 Å². The summed E-state index contributed by atoms with van der Waals surface area (Å²) in [6.45, 7) is 5.17. The Morgan fingerprint density at radius 3 is 1.16 bits per heavy atom. The van der Waals surface area contributed by atoms with E-state index in [1.165, 1.54) is 0 Å². The normalized spacial score (nSPS) is 35.2. The molecule has 0 aromatic carbocycles. The highest BCUT2D eigenvalue weighted by atomic mass is 19.4. The first-order valence-electron chi connectivity index (χ1n) is 4.47.